The Labute approximate surface area is 192 Å². The summed E-state index contributed by atoms with van der Waals surface area (Å²) in [5.41, 5.74) is 5.71. The Kier molecular flexibility index (Phi) is 5.13. The summed E-state index contributed by atoms with van der Waals surface area (Å²) in [5.74, 6) is 7.76. The van der Waals surface area contributed by atoms with Gasteiger partial charge in [-0.2, -0.15) is 0 Å². The highest BCUT2D eigenvalue weighted by Crippen LogP contribution is 2.66. The molecule has 1 aromatic rings. The van der Waals surface area contributed by atoms with Crippen LogP contribution in [0, 0.1) is 29.1 Å². The third-order valence-corrected chi connectivity index (χ3v) is 9.03. The molecule has 0 heterocycles. The molecule has 0 bridgehead atoms. The van der Waals surface area contributed by atoms with Crippen LogP contribution in [0.1, 0.15) is 70.3 Å². The molecule has 0 spiro atoms. The smallest absolute Gasteiger partial charge is 0.156 e. The molecule has 1 unspecified atom stereocenters. The second-order valence-electron chi connectivity index (χ2n) is 10.8. The highest BCUT2D eigenvalue weighted by Gasteiger charge is 2.62. The van der Waals surface area contributed by atoms with Crippen LogP contribution in [0.5, 0.6) is 0 Å². The number of rotatable bonds is 2. The minimum atomic E-state index is -0.914. The lowest BCUT2D eigenvalue weighted by molar-refractivity contribution is -0.114. The average molecular weight is 430 g/mol. The number of carbonyl (C=O) groups is 1. The largest absolute Gasteiger partial charge is 0.378 e. The van der Waals surface area contributed by atoms with Gasteiger partial charge in [-0.15, -0.1) is 5.92 Å². The van der Waals surface area contributed by atoms with Crippen molar-refractivity contribution in [3.8, 4) is 11.8 Å². The highest BCUT2D eigenvalue weighted by atomic mass is 16.3. The van der Waals surface area contributed by atoms with E-state index in [1.807, 2.05) is 13.0 Å². The fourth-order valence-electron chi connectivity index (χ4n) is 7.38. The zero-order valence-corrected chi connectivity index (χ0v) is 19.9. The molecule has 1 N–H and O–H groups in total. The molecule has 4 aliphatic carbocycles. The molecule has 5 atom stereocenters. The second-order valence-corrected chi connectivity index (χ2v) is 10.8. The lowest BCUT2D eigenvalue weighted by atomic mass is 9.51. The van der Waals surface area contributed by atoms with Crippen LogP contribution in [0.3, 0.4) is 0 Å². The van der Waals surface area contributed by atoms with Gasteiger partial charge in [-0.25, -0.2) is 0 Å². The molecule has 2 saturated carbocycles. The van der Waals surface area contributed by atoms with Gasteiger partial charge in [-0.3, -0.25) is 4.79 Å². The Morgan fingerprint density at radius 2 is 1.84 bits per heavy atom. The first-order valence-electron chi connectivity index (χ1n) is 12.2. The van der Waals surface area contributed by atoms with Gasteiger partial charge in [0, 0.05) is 37.5 Å². The number of allylic oxidation sites excluding steroid dienone is 4. The van der Waals surface area contributed by atoms with Crippen molar-refractivity contribution in [1.82, 2.24) is 0 Å². The maximum atomic E-state index is 12.2. The molecule has 5 rings (SSSR count). The van der Waals surface area contributed by atoms with Crippen LogP contribution >= 0.6 is 0 Å². The molecule has 2 fully saturated rings. The van der Waals surface area contributed by atoms with Gasteiger partial charge in [0.25, 0.3) is 0 Å². The van der Waals surface area contributed by atoms with Crippen LogP contribution in [0.15, 0.2) is 47.1 Å². The number of nitrogens with zero attached hydrogens (tertiary/aromatic N) is 1. The molecule has 3 nitrogen and oxygen atoms in total. The third-order valence-electron chi connectivity index (χ3n) is 9.03. The number of hydrogen-bond donors (Lipinski definition) is 1. The molecule has 0 radical (unpaired) electrons. The van der Waals surface area contributed by atoms with Crippen LogP contribution in [-0.4, -0.2) is 30.6 Å². The summed E-state index contributed by atoms with van der Waals surface area (Å²) in [7, 11) is 4.14. The maximum Gasteiger partial charge on any atom is 0.156 e. The molecular formula is C29H35NO2. The Morgan fingerprint density at radius 1 is 1.09 bits per heavy atom. The number of aliphatic hydroxyl groups is 1. The van der Waals surface area contributed by atoms with Gasteiger partial charge in [0.05, 0.1) is 0 Å². The van der Waals surface area contributed by atoms with E-state index in [1.54, 1.807) is 5.57 Å². The second kappa shape index (κ2) is 7.63. The summed E-state index contributed by atoms with van der Waals surface area (Å²) in [4.78, 5) is 14.3. The van der Waals surface area contributed by atoms with E-state index in [1.165, 1.54) is 22.4 Å². The summed E-state index contributed by atoms with van der Waals surface area (Å²) in [5, 5.41) is 11.7. The standard InChI is InChI=1S/C29H35NO2/c1-5-15-29(32)16-14-26-24-12-8-20-17-22(31)11-13-23(20)27(24)25(18-28(26,29)2)19-6-9-21(10-7-19)30(3)4/h6-7,9-10,17,24-26,32H,8,11-14,16,18H2,1-4H3/t24-,25?,26+,28-,29-/m0/s1. The number of ketones is 1. The Bertz CT molecular complexity index is 1070. The quantitative estimate of drug-likeness (QED) is 0.640. The molecule has 0 amide bonds. The van der Waals surface area contributed by atoms with Crippen molar-refractivity contribution in [3.05, 3.63) is 52.6 Å². The van der Waals surface area contributed by atoms with Crippen molar-refractivity contribution in [2.24, 2.45) is 17.3 Å². The molecule has 3 heteroatoms. The first kappa shape index (κ1) is 21.5. The monoisotopic (exact) mass is 429 g/mol. The van der Waals surface area contributed by atoms with E-state index >= 15 is 0 Å². The van der Waals surface area contributed by atoms with E-state index in [0.717, 1.165) is 38.5 Å². The van der Waals surface area contributed by atoms with Gasteiger partial charge in [0.1, 0.15) is 5.60 Å². The zero-order valence-electron chi connectivity index (χ0n) is 19.9. The van der Waals surface area contributed by atoms with E-state index in [0.29, 0.717) is 18.3 Å². The van der Waals surface area contributed by atoms with E-state index in [9.17, 15) is 9.90 Å². The summed E-state index contributed by atoms with van der Waals surface area (Å²) in [6, 6.07) is 8.97. The van der Waals surface area contributed by atoms with E-state index in [2.05, 4.69) is 62.0 Å². The predicted molar refractivity (Wildman–Crippen MR) is 129 cm³/mol. The van der Waals surface area contributed by atoms with Crippen LogP contribution in [-0.2, 0) is 4.79 Å². The van der Waals surface area contributed by atoms with Gasteiger partial charge in [-0.1, -0.05) is 30.6 Å². The van der Waals surface area contributed by atoms with Crippen molar-refractivity contribution in [2.75, 3.05) is 19.0 Å². The van der Waals surface area contributed by atoms with Crippen LogP contribution in [0.2, 0.25) is 0 Å². The van der Waals surface area contributed by atoms with Gasteiger partial charge in [0.2, 0.25) is 0 Å². The molecule has 0 saturated heterocycles. The minimum Gasteiger partial charge on any atom is -0.378 e. The number of benzene rings is 1. The summed E-state index contributed by atoms with van der Waals surface area (Å²) < 4.78 is 0. The average Bonchev–Trinajstić information content (AvgIpc) is 3.03. The first-order valence-corrected chi connectivity index (χ1v) is 12.2. The topological polar surface area (TPSA) is 40.5 Å². The molecular weight excluding hydrogens is 394 g/mol. The van der Waals surface area contributed by atoms with Crippen LogP contribution < -0.4 is 4.90 Å². The fourth-order valence-corrected chi connectivity index (χ4v) is 7.38. The van der Waals surface area contributed by atoms with E-state index in [-0.39, 0.29) is 17.1 Å². The fraction of sp³-hybridized carbons (Fsp3) is 0.552. The van der Waals surface area contributed by atoms with Crippen LogP contribution in [0.25, 0.3) is 0 Å². The predicted octanol–water partition coefficient (Wildman–Crippen LogP) is 5.41. The molecule has 0 aromatic heterocycles. The van der Waals surface area contributed by atoms with Crippen molar-refractivity contribution in [2.45, 2.75) is 70.3 Å². The molecule has 32 heavy (non-hydrogen) atoms. The zero-order chi connectivity index (χ0) is 22.7. The Balaban J connectivity index is 1.67. The van der Waals surface area contributed by atoms with Gasteiger partial charge < -0.3 is 10.0 Å². The number of anilines is 1. The minimum absolute atomic E-state index is 0.221. The summed E-state index contributed by atoms with van der Waals surface area (Å²) in [6.45, 7) is 4.15. The SMILES string of the molecule is CC#C[C@]1(O)CC[C@@H]2[C@@H]3CCC4=CC(=O)CCC4=C3C(c3ccc(N(C)C)cc3)C[C@@]21C. The van der Waals surface area contributed by atoms with Crippen molar-refractivity contribution in [3.63, 3.8) is 0 Å². The number of carbonyl (C=O) groups excluding carboxylic acids is 1. The highest BCUT2D eigenvalue weighted by molar-refractivity contribution is 5.93. The Morgan fingerprint density at radius 3 is 2.53 bits per heavy atom. The van der Waals surface area contributed by atoms with E-state index < -0.39 is 5.60 Å². The maximum absolute atomic E-state index is 12.2. The number of hydrogen-bond acceptors (Lipinski definition) is 3. The molecule has 1 aromatic carbocycles. The molecule has 4 aliphatic rings. The normalized spacial score (nSPS) is 35.8. The van der Waals surface area contributed by atoms with Gasteiger partial charge >= 0.3 is 0 Å². The third kappa shape index (κ3) is 3.11. The lowest BCUT2D eigenvalue weighted by Gasteiger charge is -2.53. The summed E-state index contributed by atoms with van der Waals surface area (Å²) in [6.07, 6.45) is 8.23. The lowest BCUT2D eigenvalue weighted by Crippen LogP contribution is -2.51. The summed E-state index contributed by atoms with van der Waals surface area (Å²) >= 11 is 0. The van der Waals surface area contributed by atoms with Crippen LogP contribution in [0.4, 0.5) is 5.69 Å². The number of fused-ring (bicyclic) bond motifs is 4. The van der Waals surface area contributed by atoms with Crippen molar-refractivity contribution < 1.29 is 9.90 Å². The first-order chi connectivity index (χ1) is 15.3. The van der Waals surface area contributed by atoms with E-state index in [4.69, 9.17) is 0 Å². The van der Waals surface area contributed by atoms with Crippen molar-refractivity contribution >= 4 is 11.5 Å². The molecule has 0 aliphatic heterocycles. The van der Waals surface area contributed by atoms with Crippen molar-refractivity contribution in [1.29, 1.82) is 0 Å². The van der Waals surface area contributed by atoms with Gasteiger partial charge in [-0.05, 0) is 92.2 Å². The van der Waals surface area contributed by atoms with Gasteiger partial charge in [0.15, 0.2) is 5.78 Å². The molecule has 168 valence electrons. The Hall–Kier alpha value is -2.31.